The van der Waals surface area contributed by atoms with E-state index in [2.05, 4.69) is 31.0 Å². The summed E-state index contributed by atoms with van der Waals surface area (Å²) in [5.74, 6) is 1.66. The van der Waals surface area contributed by atoms with Crippen LogP contribution in [-0.4, -0.2) is 24.5 Å². The molecule has 1 nitrogen and oxygen atoms in total. The molecule has 1 heterocycles. The predicted molar refractivity (Wildman–Crippen MR) is 42.8 cm³/mol. The van der Waals surface area contributed by atoms with E-state index in [1.807, 2.05) is 0 Å². The second kappa shape index (κ2) is 2.09. The van der Waals surface area contributed by atoms with Crippen molar-refractivity contribution >= 4 is 0 Å². The van der Waals surface area contributed by atoms with Crippen LogP contribution >= 0.6 is 0 Å². The van der Waals surface area contributed by atoms with Crippen LogP contribution in [0.5, 0.6) is 0 Å². The summed E-state index contributed by atoms with van der Waals surface area (Å²) in [7, 11) is 2.24. The molecule has 0 amide bonds. The fourth-order valence-corrected chi connectivity index (χ4v) is 1.90. The largest absolute Gasteiger partial charge is 0.302 e. The first-order valence-corrected chi connectivity index (χ1v) is 4.16. The van der Waals surface area contributed by atoms with Gasteiger partial charge in [0, 0.05) is 12.6 Å². The zero-order chi connectivity index (χ0) is 7.14. The second-order valence-electron chi connectivity index (χ2n) is 3.77. The lowest BCUT2D eigenvalue weighted by Gasteiger charge is -2.16. The molecule has 3 atom stereocenters. The number of hydrogen-bond donors (Lipinski definition) is 0. The normalized spacial score (nSPS) is 46.4. The van der Waals surface area contributed by atoms with Crippen molar-refractivity contribution in [3.63, 3.8) is 0 Å². The first-order chi connectivity index (χ1) is 4.77. The summed E-state index contributed by atoms with van der Waals surface area (Å²) in [4.78, 5) is 2.50. The van der Waals surface area contributed by atoms with Gasteiger partial charge < -0.3 is 4.90 Å². The highest BCUT2D eigenvalue weighted by Crippen LogP contribution is 2.38. The molecule has 56 valence electrons. The maximum absolute atomic E-state index is 2.50. The summed E-state index contributed by atoms with van der Waals surface area (Å²) in [5.41, 5.74) is 0. The Morgan fingerprint density at radius 1 is 1.40 bits per heavy atom. The Balaban J connectivity index is 2.08. The van der Waals surface area contributed by atoms with Gasteiger partial charge >= 0.3 is 0 Å². The zero-order valence-corrected chi connectivity index (χ0v) is 6.75. The molecule has 1 saturated carbocycles. The third-order valence-electron chi connectivity index (χ3n) is 2.63. The Morgan fingerprint density at radius 3 is 3.00 bits per heavy atom. The number of hydrogen-bond acceptors (Lipinski definition) is 1. The molecule has 1 aliphatic carbocycles. The van der Waals surface area contributed by atoms with E-state index in [1.165, 1.54) is 13.0 Å². The predicted octanol–water partition coefficient (Wildman–Crippen LogP) is 1.51. The molecular formula is C9H15N. The van der Waals surface area contributed by atoms with E-state index >= 15 is 0 Å². The highest BCUT2D eigenvalue weighted by Gasteiger charge is 2.39. The lowest BCUT2D eigenvalue weighted by molar-refractivity contribution is 0.297. The number of rotatable bonds is 0. The van der Waals surface area contributed by atoms with Crippen LogP contribution < -0.4 is 0 Å². The molecule has 1 fully saturated rings. The number of fused-ring (bicyclic) bond motifs is 1. The van der Waals surface area contributed by atoms with Crippen molar-refractivity contribution < 1.29 is 0 Å². The molecule has 0 bridgehead atoms. The summed E-state index contributed by atoms with van der Waals surface area (Å²) >= 11 is 0. The van der Waals surface area contributed by atoms with Gasteiger partial charge in [-0.3, -0.25) is 0 Å². The molecular weight excluding hydrogens is 122 g/mol. The van der Waals surface area contributed by atoms with Crippen LogP contribution in [0.4, 0.5) is 0 Å². The van der Waals surface area contributed by atoms with E-state index in [-0.39, 0.29) is 0 Å². The smallest absolute Gasteiger partial charge is 0.0162 e. The maximum atomic E-state index is 2.50. The Morgan fingerprint density at radius 2 is 2.20 bits per heavy atom. The third-order valence-corrected chi connectivity index (χ3v) is 2.63. The molecule has 2 unspecified atom stereocenters. The van der Waals surface area contributed by atoms with Crippen LogP contribution in [0.3, 0.4) is 0 Å². The first-order valence-electron chi connectivity index (χ1n) is 4.16. The van der Waals surface area contributed by atoms with Gasteiger partial charge in [-0.1, -0.05) is 19.1 Å². The fraction of sp³-hybridized carbons (Fsp3) is 0.778. The van der Waals surface area contributed by atoms with Gasteiger partial charge in [-0.25, -0.2) is 0 Å². The SMILES string of the molecule is CC1C=CC2C[C@H]2N(C)C1. The third kappa shape index (κ3) is 0.988. The summed E-state index contributed by atoms with van der Waals surface area (Å²) < 4.78 is 0. The monoisotopic (exact) mass is 137 g/mol. The highest BCUT2D eigenvalue weighted by molar-refractivity contribution is 5.10. The van der Waals surface area contributed by atoms with Gasteiger partial charge in [0.05, 0.1) is 0 Å². The van der Waals surface area contributed by atoms with E-state index in [9.17, 15) is 0 Å². The van der Waals surface area contributed by atoms with Gasteiger partial charge in [-0.2, -0.15) is 0 Å². The highest BCUT2D eigenvalue weighted by atomic mass is 15.2. The van der Waals surface area contributed by atoms with Crippen molar-refractivity contribution in [3.8, 4) is 0 Å². The van der Waals surface area contributed by atoms with E-state index in [0.717, 1.165) is 17.9 Å². The lowest BCUT2D eigenvalue weighted by Crippen LogP contribution is -2.25. The molecule has 2 aliphatic rings. The average Bonchev–Trinajstić information content (AvgIpc) is 2.59. The summed E-state index contributed by atoms with van der Waals surface area (Å²) in [5, 5.41) is 0. The van der Waals surface area contributed by atoms with Crippen molar-refractivity contribution in [2.45, 2.75) is 19.4 Å². The van der Waals surface area contributed by atoms with Gasteiger partial charge in [-0.05, 0) is 25.3 Å². The lowest BCUT2D eigenvalue weighted by atomic mass is 10.1. The van der Waals surface area contributed by atoms with E-state index in [0.29, 0.717) is 0 Å². The van der Waals surface area contributed by atoms with Crippen molar-refractivity contribution in [2.24, 2.45) is 11.8 Å². The summed E-state index contributed by atoms with van der Waals surface area (Å²) in [6.45, 7) is 3.54. The second-order valence-corrected chi connectivity index (χ2v) is 3.77. The fourth-order valence-electron chi connectivity index (χ4n) is 1.90. The minimum atomic E-state index is 0.762. The molecule has 0 saturated heterocycles. The Kier molecular flexibility index (Phi) is 1.34. The van der Waals surface area contributed by atoms with Crippen LogP contribution in [0.15, 0.2) is 12.2 Å². The number of nitrogens with zero attached hydrogens (tertiary/aromatic N) is 1. The van der Waals surface area contributed by atoms with Crippen LogP contribution in [0, 0.1) is 11.8 Å². The molecule has 0 aromatic carbocycles. The summed E-state index contributed by atoms with van der Waals surface area (Å²) in [6.07, 6.45) is 6.17. The Hall–Kier alpha value is -0.300. The summed E-state index contributed by atoms with van der Waals surface area (Å²) in [6, 6.07) is 0.890. The molecule has 10 heavy (non-hydrogen) atoms. The van der Waals surface area contributed by atoms with Crippen LogP contribution in [0.2, 0.25) is 0 Å². The molecule has 0 aromatic rings. The Labute approximate surface area is 62.7 Å². The van der Waals surface area contributed by atoms with Crippen molar-refractivity contribution in [3.05, 3.63) is 12.2 Å². The van der Waals surface area contributed by atoms with Crippen LogP contribution in [-0.2, 0) is 0 Å². The van der Waals surface area contributed by atoms with Crippen LogP contribution in [0.1, 0.15) is 13.3 Å². The molecule has 0 spiro atoms. The maximum Gasteiger partial charge on any atom is 0.0162 e. The zero-order valence-electron chi connectivity index (χ0n) is 6.75. The van der Waals surface area contributed by atoms with Gasteiger partial charge in [0.2, 0.25) is 0 Å². The topological polar surface area (TPSA) is 3.24 Å². The minimum Gasteiger partial charge on any atom is -0.302 e. The van der Waals surface area contributed by atoms with Crippen molar-refractivity contribution in [1.82, 2.24) is 4.90 Å². The van der Waals surface area contributed by atoms with Gasteiger partial charge in [0.15, 0.2) is 0 Å². The van der Waals surface area contributed by atoms with E-state index in [4.69, 9.17) is 0 Å². The van der Waals surface area contributed by atoms with Gasteiger partial charge in [0.25, 0.3) is 0 Å². The first kappa shape index (κ1) is 6.41. The van der Waals surface area contributed by atoms with Crippen molar-refractivity contribution in [2.75, 3.05) is 13.6 Å². The average molecular weight is 137 g/mol. The van der Waals surface area contributed by atoms with E-state index in [1.54, 1.807) is 0 Å². The van der Waals surface area contributed by atoms with Gasteiger partial charge in [-0.15, -0.1) is 0 Å². The standard InChI is InChI=1S/C9H15N/c1-7-3-4-8-5-9(8)10(2)6-7/h3-4,7-9H,5-6H2,1-2H3/t7?,8?,9-/m1/s1. The molecule has 0 radical (unpaired) electrons. The minimum absolute atomic E-state index is 0.762. The molecule has 0 aromatic heterocycles. The van der Waals surface area contributed by atoms with Crippen LogP contribution in [0.25, 0.3) is 0 Å². The molecule has 1 heteroatoms. The van der Waals surface area contributed by atoms with Crippen molar-refractivity contribution in [1.29, 1.82) is 0 Å². The van der Waals surface area contributed by atoms with Gasteiger partial charge in [0.1, 0.15) is 0 Å². The molecule has 0 N–H and O–H groups in total. The Bertz CT molecular complexity index is 158. The molecule has 1 aliphatic heterocycles. The molecule has 2 rings (SSSR count). The van der Waals surface area contributed by atoms with E-state index < -0.39 is 0 Å². The quantitative estimate of drug-likeness (QED) is 0.457.